The average molecular weight is 380 g/mol. The number of likely N-dealkylation sites (tertiary alicyclic amines) is 1. The number of piperidine rings is 1. The number of ether oxygens (including phenoxy) is 1. The summed E-state index contributed by atoms with van der Waals surface area (Å²) >= 11 is 0. The molecule has 0 spiro atoms. The molecule has 1 N–H and O–H groups in total. The van der Waals surface area contributed by atoms with E-state index < -0.39 is 0 Å². The lowest BCUT2D eigenvalue weighted by Gasteiger charge is -2.38. The van der Waals surface area contributed by atoms with Crippen molar-refractivity contribution in [3.8, 4) is 0 Å². The van der Waals surface area contributed by atoms with Crippen molar-refractivity contribution in [2.75, 3.05) is 19.7 Å². The van der Waals surface area contributed by atoms with Crippen LogP contribution in [0.5, 0.6) is 0 Å². The van der Waals surface area contributed by atoms with Gasteiger partial charge in [-0.05, 0) is 31.2 Å². The molecule has 1 amide bonds. The predicted octanol–water partition coefficient (Wildman–Crippen LogP) is 3.70. The zero-order chi connectivity index (χ0) is 19.0. The Kier molecular flexibility index (Phi) is 4.71. The molecule has 1 aliphatic carbocycles. The van der Waals surface area contributed by atoms with E-state index in [0.717, 1.165) is 64.6 Å². The molecular weight excluding hydrogens is 350 g/mol. The molecule has 5 rings (SSSR count). The summed E-state index contributed by atoms with van der Waals surface area (Å²) in [4.78, 5) is 15.8. The number of carbonyl (C=O) groups excluding carboxylic acids is 1. The number of nitrogens with zero attached hydrogens (tertiary/aromatic N) is 2. The normalized spacial score (nSPS) is 22.2. The third-order valence-electron chi connectivity index (χ3n) is 7.09. The number of amides is 1. The summed E-state index contributed by atoms with van der Waals surface area (Å²) in [5, 5.41) is 7.84. The van der Waals surface area contributed by atoms with Gasteiger partial charge in [-0.3, -0.25) is 9.89 Å². The van der Waals surface area contributed by atoms with Gasteiger partial charge in [0.15, 0.2) is 0 Å². The van der Waals surface area contributed by atoms with E-state index >= 15 is 0 Å². The zero-order valence-corrected chi connectivity index (χ0v) is 16.5. The minimum absolute atomic E-state index is 0.298. The second-order valence-corrected chi connectivity index (χ2v) is 8.59. The fourth-order valence-corrected chi connectivity index (χ4v) is 5.49. The lowest BCUT2D eigenvalue weighted by molar-refractivity contribution is -0.138. The van der Waals surface area contributed by atoms with Crippen molar-refractivity contribution in [1.82, 2.24) is 15.1 Å². The molecular formula is C23H29N3O2. The van der Waals surface area contributed by atoms with Crippen LogP contribution < -0.4 is 0 Å². The van der Waals surface area contributed by atoms with Crippen LogP contribution in [0.15, 0.2) is 30.3 Å². The topological polar surface area (TPSA) is 58.2 Å². The molecule has 2 fully saturated rings. The summed E-state index contributed by atoms with van der Waals surface area (Å²) in [5.41, 5.74) is 4.60. The van der Waals surface area contributed by atoms with Gasteiger partial charge in [0.2, 0.25) is 5.91 Å². The molecule has 3 aliphatic rings. The second-order valence-electron chi connectivity index (χ2n) is 8.59. The molecule has 0 radical (unpaired) electrons. The molecule has 2 aliphatic heterocycles. The largest absolute Gasteiger partial charge is 0.376 e. The Morgan fingerprint density at radius 3 is 2.64 bits per heavy atom. The smallest absolute Gasteiger partial charge is 0.233 e. The Morgan fingerprint density at radius 1 is 1.14 bits per heavy atom. The van der Waals surface area contributed by atoms with Crippen LogP contribution in [0.25, 0.3) is 0 Å². The van der Waals surface area contributed by atoms with E-state index in [2.05, 4.69) is 39.4 Å². The molecule has 1 aromatic heterocycles. The quantitative estimate of drug-likeness (QED) is 0.885. The van der Waals surface area contributed by atoms with Crippen molar-refractivity contribution in [1.29, 1.82) is 0 Å². The number of carbonyl (C=O) groups is 1. The van der Waals surface area contributed by atoms with Gasteiger partial charge in [-0.2, -0.15) is 5.10 Å². The van der Waals surface area contributed by atoms with Crippen molar-refractivity contribution in [2.45, 2.75) is 62.9 Å². The SMILES string of the molecule is O=C(N1CCC(c2n[nH]c3c2COCC3)CC1)C1(c2ccccc2)CCCC1. The highest BCUT2D eigenvalue weighted by atomic mass is 16.5. The summed E-state index contributed by atoms with van der Waals surface area (Å²) in [6.07, 6.45) is 7.19. The van der Waals surface area contributed by atoms with Crippen LogP contribution in [-0.4, -0.2) is 40.7 Å². The van der Waals surface area contributed by atoms with E-state index in [4.69, 9.17) is 4.74 Å². The maximum absolute atomic E-state index is 13.6. The summed E-state index contributed by atoms with van der Waals surface area (Å²) in [5.74, 6) is 0.782. The Balaban J connectivity index is 1.31. The first-order valence-corrected chi connectivity index (χ1v) is 10.8. The molecule has 148 valence electrons. The highest BCUT2D eigenvalue weighted by molar-refractivity contribution is 5.88. The van der Waals surface area contributed by atoms with Gasteiger partial charge in [0.25, 0.3) is 0 Å². The van der Waals surface area contributed by atoms with Crippen molar-refractivity contribution in [3.05, 3.63) is 52.8 Å². The molecule has 0 atom stereocenters. The Bertz CT molecular complexity index is 831. The maximum Gasteiger partial charge on any atom is 0.233 e. The van der Waals surface area contributed by atoms with Crippen LogP contribution in [0.3, 0.4) is 0 Å². The van der Waals surface area contributed by atoms with Crippen molar-refractivity contribution >= 4 is 5.91 Å². The summed E-state index contributed by atoms with van der Waals surface area (Å²) < 4.78 is 5.65. The average Bonchev–Trinajstić information content (AvgIpc) is 3.42. The van der Waals surface area contributed by atoms with E-state index in [-0.39, 0.29) is 5.41 Å². The number of aromatic nitrogens is 2. The number of fused-ring (bicyclic) bond motifs is 1. The monoisotopic (exact) mass is 379 g/mol. The first kappa shape index (κ1) is 17.9. The third kappa shape index (κ3) is 2.96. The lowest BCUT2D eigenvalue weighted by Crippen LogP contribution is -2.48. The molecule has 2 aromatic rings. The van der Waals surface area contributed by atoms with Crippen molar-refractivity contribution < 1.29 is 9.53 Å². The van der Waals surface area contributed by atoms with Gasteiger partial charge in [0, 0.05) is 36.7 Å². The molecule has 0 bridgehead atoms. The Morgan fingerprint density at radius 2 is 1.89 bits per heavy atom. The summed E-state index contributed by atoms with van der Waals surface area (Å²) in [6, 6.07) is 10.5. The standard InChI is InChI=1S/C23H29N3O2/c27-22(23(11-4-5-12-23)18-6-2-1-3-7-18)26-13-8-17(9-14-26)21-19-16-28-15-10-20(19)24-25-21/h1-3,6-7,17H,4-5,8-16H2,(H,24,25). The molecule has 28 heavy (non-hydrogen) atoms. The highest BCUT2D eigenvalue weighted by Crippen LogP contribution is 2.43. The van der Waals surface area contributed by atoms with E-state index in [1.165, 1.54) is 22.5 Å². The minimum atomic E-state index is -0.298. The fourth-order valence-electron chi connectivity index (χ4n) is 5.49. The van der Waals surface area contributed by atoms with Crippen LogP contribution in [0.4, 0.5) is 0 Å². The molecule has 1 saturated carbocycles. The van der Waals surface area contributed by atoms with E-state index in [1.54, 1.807) is 0 Å². The first-order valence-electron chi connectivity index (χ1n) is 10.8. The highest BCUT2D eigenvalue weighted by Gasteiger charge is 2.45. The molecule has 5 heteroatoms. The number of benzene rings is 1. The molecule has 1 saturated heterocycles. The number of H-pyrrole nitrogens is 1. The van der Waals surface area contributed by atoms with E-state index in [1.807, 2.05) is 6.07 Å². The van der Waals surface area contributed by atoms with E-state index in [9.17, 15) is 4.79 Å². The van der Waals surface area contributed by atoms with Crippen LogP contribution >= 0.6 is 0 Å². The maximum atomic E-state index is 13.6. The Labute approximate surface area is 166 Å². The predicted molar refractivity (Wildman–Crippen MR) is 107 cm³/mol. The molecule has 0 unspecified atom stereocenters. The first-order chi connectivity index (χ1) is 13.8. The van der Waals surface area contributed by atoms with Crippen LogP contribution in [0, 0.1) is 0 Å². The molecule has 5 nitrogen and oxygen atoms in total. The van der Waals surface area contributed by atoms with Crippen LogP contribution in [-0.2, 0) is 28.0 Å². The number of hydrogen-bond acceptors (Lipinski definition) is 3. The fraction of sp³-hybridized carbons (Fsp3) is 0.565. The van der Waals surface area contributed by atoms with Gasteiger partial charge in [-0.1, -0.05) is 43.2 Å². The van der Waals surface area contributed by atoms with E-state index in [0.29, 0.717) is 18.4 Å². The minimum Gasteiger partial charge on any atom is -0.376 e. The number of hydrogen-bond donors (Lipinski definition) is 1. The van der Waals surface area contributed by atoms with Gasteiger partial charge in [-0.15, -0.1) is 0 Å². The molecule has 1 aromatic carbocycles. The third-order valence-corrected chi connectivity index (χ3v) is 7.09. The van der Waals surface area contributed by atoms with Gasteiger partial charge in [-0.25, -0.2) is 0 Å². The summed E-state index contributed by atoms with van der Waals surface area (Å²) in [7, 11) is 0. The zero-order valence-electron chi connectivity index (χ0n) is 16.5. The van der Waals surface area contributed by atoms with Crippen LogP contribution in [0.1, 0.15) is 67.0 Å². The van der Waals surface area contributed by atoms with Crippen molar-refractivity contribution in [2.24, 2.45) is 0 Å². The summed E-state index contributed by atoms with van der Waals surface area (Å²) in [6.45, 7) is 3.13. The number of aromatic amines is 1. The molecule has 3 heterocycles. The Hall–Kier alpha value is -2.14. The van der Waals surface area contributed by atoms with Gasteiger partial charge < -0.3 is 9.64 Å². The van der Waals surface area contributed by atoms with Gasteiger partial charge in [0.05, 0.1) is 24.3 Å². The lowest BCUT2D eigenvalue weighted by atomic mass is 9.77. The second kappa shape index (κ2) is 7.36. The van der Waals surface area contributed by atoms with Crippen LogP contribution in [0.2, 0.25) is 0 Å². The number of rotatable bonds is 3. The van der Waals surface area contributed by atoms with Gasteiger partial charge >= 0.3 is 0 Å². The van der Waals surface area contributed by atoms with Crippen molar-refractivity contribution in [3.63, 3.8) is 0 Å². The van der Waals surface area contributed by atoms with Gasteiger partial charge in [0.1, 0.15) is 0 Å². The number of nitrogens with one attached hydrogen (secondary N) is 1.